The molecule has 3 aliphatic rings. The zero-order valence-corrected chi connectivity index (χ0v) is 76.4. The van der Waals surface area contributed by atoms with E-state index >= 15 is 0 Å². The van der Waals surface area contributed by atoms with Crippen LogP contribution < -0.4 is 28.4 Å². The van der Waals surface area contributed by atoms with E-state index < -0.39 is 181 Å². The van der Waals surface area contributed by atoms with Crippen molar-refractivity contribution < 1.29 is 176 Å². The molecular formula is C99H78N4O38S2. The van der Waals surface area contributed by atoms with Crippen LogP contribution in [0, 0.1) is 45.1 Å². The van der Waals surface area contributed by atoms with E-state index in [0.717, 1.165) is 83.4 Å². The van der Waals surface area contributed by atoms with Crippen molar-refractivity contribution in [3.8, 4) is 61.7 Å². The van der Waals surface area contributed by atoms with Crippen LogP contribution in [0.3, 0.4) is 0 Å². The lowest BCUT2D eigenvalue weighted by Gasteiger charge is -2.26. The molecule has 44 heteroatoms. The molecule has 2 aliphatic carbocycles. The summed E-state index contributed by atoms with van der Waals surface area (Å²) in [6.45, 7) is 12.8. The summed E-state index contributed by atoms with van der Waals surface area (Å²) in [6.07, 6.45) is 6.31. The molecule has 1 aliphatic heterocycles. The Balaban J connectivity index is 0.000000265. The molecule has 8 aromatic carbocycles. The first-order valence-electron chi connectivity index (χ1n) is 42.5. The number of aromatic nitrogens is 2. The van der Waals surface area contributed by atoms with E-state index in [2.05, 4.69) is 61.6 Å². The molecule has 0 radical (unpaired) electrons. The molecule has 3 heterocycles. The van der Waals surface area contributed by atoms with Gasteiger partial charge in [-0.2, -0.15) is 5.26 Å². The molecular weight excluding hydrogens is 1920 g/mol. The summed E-state index contributed by atoms with van der Waals surface area (Å²) in [5, 5.41) is 21.4. The Morgan fingerprint density at radius 3 is 1.10 bits per heavy atom. The molecule has 0 N–H and O–H groups in total. The second-order valence-corrected chi connectivity index (χ2v) is 32.1. The van der Waals surface area contributed by atoms with Crippen molar-refractivity contribution in [1.29, 1.82) is 5.26 Å². The molecule has 10 aromatic rings. The Kier molecular flexibility index (Phi) is 36.3. The number of carbonyl (C=O) groups excluding carboxylic acids is 17. The lowest BCUT2D eigenvalue weighted by molar-refractivity contribution is -0.384. The second kappa shape index (κ2) is 49.9. The van der Waals surface area contributed by atoms with Crippen molar-refractivity contribution in [2.75, 3.05) is 54.0 Å². The summed E-state index contributed by atoms with van der Waals surface area (Å²) in [7, 11) is 0. The number of epoxide rings is 1. The summed E-state index contributed by atoms with van der Waals surface area (Å²) in [4.78, 5) is 235. The highest BCUT2D eigenvalue weighted by Crippen LogP contribution is 2.45. The number of benzene rings is 8. The minimum atomic E-state index is -1.23. The fourth-order valence-electron chi connectivity index (χ4n) is 13.4. The van der Waals surface area contributed by atoms with Gasteiger partial charge in [-0.3, -0.25) is 29.3 Å². The second-order valence-electron chi connectivity index (χ2n) is 30.1. The monoisotopic (exact) mass is 1990 g/mol. The number of rotatable bonds is 40. The first-order chi connectivity index (χ1) is 68.9. The highest BCUT2D eigenvalue weighted by atomic mass is 32.1. The number of nitro groups is 1. The van der Waals surface area contributed by atoms with Gasteiger partial charge in [0.15, 0.2) is 29.8 Å². The first-order valence-corrected chi connectivity index (χ1v) is 44.2. The third kappa shape index (κ3) is 28.6. The van der Waals surface area contributed by atoms with Gasteiger partial charge in [-0.1, -0.05) is 45.0 Å². The van der Waals surface area contributed by atoms with Crippen LogP contribution in [0.5, 0.6) is 34.5 Å². The van der Waals surface area contributed by atoms with Crippen LogP contribution in [0.2, 0.25) is 0 Å². The van der Waals surface area contributed by atoms with Gasteiger partial charge in [0.1, 0.15) is 48.1 Å². The van der Waals surface area contributed by atoms with Crippen molar-refractivity contribution in [3.05, 3.63) is 281 Å². The number of nitrogens with zero attached hydrogens (tertiary/aromatic N) is 4. The Morgan fingerprint density at radius 2 is 0.685 bits per heavy atom. The van der Waals surface area contributed by atoms with Gasteiger partial charge in [0, 0.05) is 53.6 Å². The molecule has 1 unspecified atom stereocenters. The molecule has 1 saturated heterocycles. The molecule has 2 aromatic heterocycles. The van der Waals surface area contributed by atoms with E-state index in [1.807, 2.05) is 6.07 Å². The predicted octanol–water partition coefficient (Wildman–Crippen LogP) is 13.5. The Morgan fingerprint density at radius 1 is 0.364 bits per heavy atom. The Hall–Kier alpha value is -18.0. The van der Waals surface area contributed by atoms with Crippen LogP contribution in [-0.4, -0.2) is 176 Å². The highest BCUT2D eigenvalue weighted by molar-refractivity contribution is 7.22. The van der Waals surface area contributed by atoms with Crippen LogP contribution in [0.15, 0.2) is 221 Å². The molecule has 2 saturated carbocycles. The number of nitriles is 1. The summed E-state index contributed by atoms with van der Waals surface area (Å²) >= 11 is 2.16. The molecule has 0 spiro atoms. The minimum absolute atomic E-state index is 0.00136. The van der Waals surface area contributed by atoms with E-state index in [0.29, 0.717) is 70.3 Å². The summed E-state index contributed by atoms with van der Waals surface area (Å²) in [5.41, 5.74) is -0.245. The number of fused-ring (bicyclic) bond motifs is 2. The maximum Gasteiger partial charge on any atom is 0.343 e. The van der Waals surface area contributed by atoms with Crippen molar-refractivity contribution >= 4 is 150 Å². The van der Waals surface area contributed by atoms with Crippen LogP contribution >= 0.6 is 22.7 Å². The van der Waals surface area contributed by atoms with Gasteiger partial charge in [-0.15, -0.1) is 22.7 Å². The van der Waals surface area contributed by atoms with Crippen molar-refractivity contribution in [2.45, 2.75) is 57.5 Å². The van der Waals surface area contributed by atoms with Crippen LogP contribution in [-0.2, 0) is 105 Å². The average molecular weight is 2000 g/mol. The zero-order chi connectivity index (χ0) is 102. The molecule has 0 amide bonds. The van der Waals surface area contributed by atoms with Gasteiger partial charge in [0.05, 0.1) is 97.9 Å². The average Bonchev–Trinajstić information content (AvgIpc) is 1.66. The predicted molar refractivity (Wildman–Crippen MR) is 489 cm³/mol. The number of thiazole rings is 2. The van der Waals surface area contributed by atoms with Gasteiger partial charge < -0.3 is 90.0 Å². The van der Waals surface area contributed by atoms with E-state index in [1.54, 1.807) is 24.3 Å². The fraction of sp³-hybridized carbons (Fsp3) is 0.212. The quantitative estimate of drug-likeness (QED) is 0.00396. The third-order valence-electron chi connectivity index (χ3n) is 20.9. The molecule has 734 valence electrons. The summed E-state index contributed by atoms with van der Waals surface area (Å²) in [6, 6.07) is 37.2. The lowest BCUT2D eigenvalue weighted by atomic mass is 9.82. The molecule has 0 bridgehead atoms. The third-order valence-corrected chi connectivity index (χ3v) is 23.2. The summed E-state index contributed by atoms with van der Waals surface area (Å²) < 4.78 is 98.4. The Labute approximate surface area is 815 Å². The van der Waals surface area contributed by atoms with Crippen molar-refractivity contribution in [3.63, 3.8) is 0 Å². The molecule has 13 rings (SSSR count). The maximum atomic E-state index is 13.8. The van der Waals surface area contributed by atoms with Gasteiger partial charge >= 0.3 is 101 Å². The number of hydrogen-bond acceptors (Lipinski definition) is 43. The minimum Gasteiger partial charge on any atom is -0.435 e. The summed E-state index contributed by atoms with van der Waals surface area (Å²) in [5.74, 6) is -17.2. The molecule has 3 fully saturated rings. The van der Waals surface area contributed by atoms with Crippen molar-refractivity contribution in [1.82, 2.24) is 9.97 Å². The molecule has 42 nitrogen and oxygen atoms in total. The van der Waals surface area contributed by atoms with Gasteiger partial charge in [-0.25, -0.2) is 72.3 Å². The topological polar surface area (TPSA) is 562 Å². The van der Waals surface area contributed by atoms with Crippen LogP contribution in [0.1, 0.15) is 140 Å². The van der Waals surface area contributed by atoms with E-state index in [9.17, 15) is 96.9 Å². The van der Waals surface area contributed by atoms with Crippen LogP contribution in [0.25, 0.3) is 41.6 Å². The number of carbonyl (C=O) groups is 17. The van der Waals surface area contributed by atoms with E-state index in [1.165, 1.54) is 103 Å². The zero-order valence-electron chi connectivity index (χ0n) is 74.8. The standard InChI is InChI=1S/C56H50N2O22S.C43H28N2O16S/c1-3-45(59)72-29-75-55(66)41-22-21-39(25-42(41)56(67)76-30-73-46(60)4-2)78-52(63)34-7-11-36(12-8-34)54(65)80-44-24-23-43(47-48(44)81-49(57-47)31-13-17-37(18-14-31)58(68)69)79-53(64)35-9-5-33(6-10-35)51(62)77-38-19-15-32(16-20-38)50(61)74-28-70-26-40-27-71-40;1-4-33(46)54-21-57-39(49)26-11-13-27(14-12-26)40(50)61-32-18-17-31(36-37(32)62-38(45-36)25-9-7-24(20-44)8-10-25)60-41(51)28-15-16-29(42(52)58-22-55-34(47)5-2)30(19-28)43(53)59-23-56-35(48)6-3/h3-4,13-25,33-36,40H,1-2,5-12,26-30H2;4-19H,1-3,21-23H2. The number of hydrogen-bond donors (Lipinski definition) is 0. The largest absolute Gasteiger partial charge is 0.435 e. The molecule has 143 heavy (non-hydrogen) atoms. The smallest absolute Gasteiger partial charge is 0.343 e. The number of non-ortho nitro benzene ring substituents is 1. The van der Waals surface area contributed by atoms with E-state index in [-0.39, 0.29) is 122 Å². The normalized spacial score (nSPS) is 14.7. The highest BCUT2D eigenvalue weighted by Gasteiger charge is 2.37. The number of nitro benzene ring substituents is 1. The van der Waals surface area contributed by atoms with Crippen LogP contribution in [0.4, 0.5) is 5.69 Å². The number of ether oxygens (including phenoxy) is 19. The Bertz CT molecular complexity index is 6710. The number of esters is 17. The van der Waals surface area contributed by atoms with Gasteiger partial charge in [0.2, 0.25) is 34.0 Å². The first kappa shape index (κ1) is 104. The van der Waals surface area contributed by atoms with Gasteiger partial charge in [0.25, 0.3) is 5.69 Å². The SMILES string of the molecule is C=CC(=O)OCOC(=O)c1ccc(C(=O)Oc2ccc(OC(=O)c3ccc(C(=O)OCOC(=O)C=C)c(C(=O)OCOC(=O)C=C)c3)c3nc(-c4ccc(C#N)cc4)sc23)cc1.C=CC(=O)OCOC(=O)c1ccc(OC(=O)C2CCC(C(=O)Oc3ccc(OC(=O)C4CCC(C(=O)Oc5ccc(C(=O)OCOCC6CO6)cc5)CC4)c4nc(-c5ccc([N+](=O)[O-])cc5)sc34)CC2)cc1C(=O)OCOC(=O)C=C. The fourth-order valence-corrected chi connectivity index (χ4v) is 15.5. The molecule has 1 atom stereocenters. The maximum absolute atomic E-state index is 13.8. The van der Waals surface area contributed by atoms with Crippen molar-refractivity contribution in [2.24, 2.45) is 23.7 Å². The lowest BCUT2D eigenvalue weighted by Crippen LogP contribution is -2.30. The van der Waals surface area contributed by atoms with E-state index in [4.69, 9.17) is 71.3 Å². The van der Waals surface area contributed by atoms with Gasteiger partial charge in [-0.05, 0) is 185 Å².